The minimum atomic E-state index is -3.97. The van der Waals surface area contributed by atoms with E-state index < -0.39 is 10.0 Å². The summed E-state index contributed by atoms with van der Waals surface area (Å²) in [4.78, 5) is 22.3. The van der Waals surface area contributed by atoms with Crippen molar-refractivity contribution in [1.82, 2.24) is 9.97 Å². The van der Waals surface area contributed by atoms with Gasteiger partial charge in [-0.1, -0.05) is 12.1 Å². The van der Waals surface area contributed by atoms with E-state index in [0.29, 0.717) is 16.7 Å². The van der Waals surface area contributed by atoms with Crippen LogP contribution < -0.4 is 20.3 Å². The lowest BCUT2D eigenvalue weighted by molar-refractivity contribution is -0.114. The number of para-hydroxylation sites is 2. The van der Waals surface area contributed by atoms with Gasteiger partial charge < -0.3 is 15.5 Å². The number of benzene rings is 3. The molecule has 0 unspecified atom stereocenters. The first kappa shape index (κ1) is 23.0. The summed E-state index contributed by atoms with van der Waals surface area (Å²) in [6.07, 6.45) is 0. The van der Waals surface area contributed by atoms with Crippen molar-refractivity contribution in [2.24, 2.45) is 0 Å². The van der Waals surface area contributed by atoms with Crippen LogP contribution in [-0.4, -0.2) is 38.4 Å². The fourth-order valence-electron chi connectivity index (χ4n) is 3.24. The highest BCUT2D eigenvalue weighted by Gasteiger charge is 2.19. The van der Waals surface area contributed by atoms with Crippen molar-refractivity contribution in [2.75, 3.05) is 34.4 Å². The quantitative estimate of drug-likeness (QED) is 0.366. The Balaban J connectivity index is 1.68. The third kappa shape index (κ3) is 5.24. The second kappa shape index (κ2) is 9.36. The molecule has 0 bridgehead atoms. The molecule has 0 fully saturated rings. The van der Waals surface area contributed by atoms with E-state index in [1.807, 2.05) is 61.5 Å². The molecule has 3 N–H and O–H groups in total. The number of amides is 1. The highest BCUT2D eigenvalue weighted by atomic mass is 32.2. The molecule has 0 radical (unpaired) electrons. The standard InChI is InChI=1S/C24H24N6O3S/c1-16(31)25-17-10-14-20(15-11-17)34(32,33)29-24-23(27-21-6-4-5-7-22(21)28-24)26-18-8-12-19(13-9-18)30(2)3/h4-15H,1-3H3,(H,25,31)(H,26,27)(H,28,29). The lowest BCUT2D eigenvalue weighted by Crippen LogP contribution is -2.16. The first-order chi connectivity index (χ1) is 16.2. The van der Waals surface area contributed by atoms with Crippen LogP contribution in [0, 0.1) is 0 Å². The number of carbonyl (C=O) groups excluding carboxylic acids is 1. The maximum absolute atomic E-state index is 13.1. The molecule has 1 amide bonds. The van der Waals surface area contributed by atoms with Crippen LogP contribution in [0.15, 0.2) is 77.7 Å². The minimum absolute atomic E-state index is 0.0258. The van der Waals surface area contributed by atoms with Crippen LogP contribution in [0.5, 0.6) is 0 Å². The second-order valence-electron chi connectivity index (χ2n) is 7.79. The van der Waals surface area contributed by atoms with E-state index in [1.54, 1.807) is 6.07 Å². The largest absolute Gasteiger partial charge is 0.378 e. The summed E-state index contributed by atoms with van der Waals surface area (Å²) < 4.78 is 28.7. The van der Waals surface area contributed by atoms with Gasteiger partial charge in [-0.05, 0) is 60.7 Å². The van der Waals surface area contributed by atoms with Crippen molar-refractivity contribution in [3.63, 3.8) is 0 Å². The molecule has 10 heteroatoms. The average Bonchev–Trinajstić information content (AvgIpc) is 2.79. The van der Waals surface area contributed by atoms with Crippen molar-refractivity contribution < 1.29 is 13.2 Å². The van der Waals surface area contributed by atoms with E-state index in [2.05, 4.69) is 25.3 Å². The zero-order chi connectivity index (χ0) is 24.3. The molecule has 4 aromatic rings. The fourth-order valence-corrected chi connectivity index (χ4v) is 4.25. The van der Waals surface area contributed by atoms with Gasteiger partial charge in [-0.3, -0.25) is 9.52 Å². The van der Waals surface area contributed by atoms with Crippen LogP contribution in [0.2, 0.25) is 0 Å². The zero-order valence-electron chi connectivity index (χ0n) is 18.9. The van der Waals surface area contributed by atoms with E-state index in [0.717, 1.165) is 11.4 Å². The van der Waals surface area contributed by atoms with Crippen LogP contribution in [0.25, 0.3) is 11.0 Å². The van der Waals surface area contributed by atoms with E-state index in [1.165, 1.54) is 31.2 Å². The first-order valence-corrected chi connectivity index (χ1v) is 11.9. The molecular weight excluding hydrogens is 452 g/mol. The number of anilines is 5. The van der Waals surface area contributed by atoms with Crippen molar-refractivity contribution in [3.05, 3.63) is 72.8 Å². The molecule has 0 aliphatic carbocycles. The number of rotatable bonds is 7. The fraction of sp³-hybridized carbons (Fsp3) is 0.125. The Morgan fingerprint density at radius 1 is 0.794 bits per heavy atom. The summed E-state index contributed by atoms with van der Waals surface area (Å²) in [7, 11) is -0.0694. The van der Waals surface area contributed by atoms with Gasteiger partial charge in [-0.25, -0.2) is 18.4 Å². The Morgan fingerprint density at radius 2 is 1.35 bits per heavy atom. The Hall–Kier alpha value is -4.18. The molecular formula is C24H24N6O3S. The number of fused-ring (bicyclic) bond motifs is 1. The maximum Gasteiger partial charge on any atom is 0.263 e. The average molecular weight is 477 g/mol. The lowest BCUT2D eigenvalue weighted by atomic mass is 10.2. The molecule has 34 heavy (non-hydrogen) atoms. The van der Waals surface area contributed by atoms with Crippen LogP contribution in [-0.2, 0) is 14.8 Å². The van der Waals surface area contributed by atoms with E-state index in [9.17, 15) is 13.2 Å². The summed E-state index contributed by atoms with van der Waals surface area (Å²) >= 11 is 0. The van der Waals surface area contributed by atoms with Crippen molar-refractivity contribution in [1.29, 1.82) is 0 Å². The third-order valence-electron chi connectivity index (χ3n) is 4.93. The summed E-state index contributed by atoms with van der Waals surface area (Å²) in [6.45, 7) is 1.38. The number of aromatic nitrogens is 2. The van der Waals surface area contributed by atoms with Crippen LogP contribution in [0.3, 0.4) is 0 Å². The van der Waals surface area contributed by atoms with Gasteiger partial charge in [-0.2, -0.15) is 0 Å². The number of sulfonamides is 1. The molecule has 0 aliphatic rings. The number of hydrogen-bond donors (Lipinski definition) is 3. The van der Waals surface area contributed by atoms with Crippen LogP contribution in [0.4, 0.5) is 28.7 Å². The zero-order valence-corrected chi connectivity index (χ0v) is 19.7. The van der Waals surface area contributed by atoms with Gasteiger partial charge in [0.15, 0.2) is 11.6 Å². The molecule has 9 nitrogen and oxygen atoms in total. The number of carbonyl (C=O) groups is 1. The Bertz CT molecular complexity index is 1440. The van der Waals surface area contributed by atoms with Gasteiger partial charge >= 0.3 is 0 Å². The summed E-state index contributed by atoms with van der Waals surface area (Å²) in [5, 5.41) is 5.78. The lowest BCUT2D eigenvalue weighted by Gasteiger charge is -2.15. The minimum Gasteiger partial charge on any atom is -0.378 e. The van der Waals surface area contributed by atoms with Gasteiger partial charge in [0.2, 0.25) is 5.91 Å². The molecule has 0 spiro atoms. The van der Waals surface area contributed by atoms with Gasteiger partial charge in [0.05, 0.1) is 15.9 Å². The van der Waals surface area contributed by atoms with E-state index in [4.69, 9.17) is 0 Å². The Morgan fingerprint density at radius 3 is 1.91 bits per heavy atom. The molecule has 3 aromatic carbocycles. The molecule has 174 valence electrons. The second-order valence-corrected chi connectivity index (χ2v) is 9.47. The van der Waals surface area contributed by atoms with Crippen molar-refractivity contribution in [3.8, 4) is 0 Å². The number of nitrogens with one attached hydrogen (secondary N) is 3. The van der Waals surface area contributed by atoms with Crippen LogP contribution >= 0.6 is 0 Å². The highest BCUT2D eigenvalue weighted by molar-refractivity contribution is 7.92. The molecule has 0 atom stereocenters. The predicted molar refractivity (Wildman–Crippen MR) is 135 cm³/mol. The summed E-state index contributed by atoms with van der Waals surface area (Å²) in [5.41, 5.74) is 3.43. The van der Waals surface area contributed by atoms with Gasteiger partial charge in [0.1, 0.15) is 0 Å². The van der Waals surface area contributed by atoms with Gasteiger partial charge in [0, 0.05) is 38.1 Å². The topological polar surface area (TPSA) is 116 Å². The third-order valence-corrected chi connectivity index (χ3v) is 6.29. The smallest absolute Gasteiger partial charge is 0.263 e. The van der Waals surface area contributed by atoms with Gasteiger partial charge in [-0.15, -0.1) is 0 Å². The highest BCUT2D eigenvalue weighted by Crippen LogP contribution is 2.28. The first-order valence-electron chi connectivity index (χ1n) is 10.4. The molecule has 0 saturated carbocycles. The molecule has 0 saturated heterocycles. The molecule has 4 rings (SSSR count). The molecule has 0 aliphatic heterocycles. The number of hydrogen-bond acceptors (Lipinski definition) is 7. The predicted octanol–water partition coefficient (Wildman–Crippen LogP) is 4.20. The Kier molecular flexibility index (Phi) is 6.33. The maximum atomic E-state index is 13.1. The normalized spacial score (nSPS) is 11.1. The Labute approximate surface area is 197 Å². The SMILES string of the molecule is CC(=O)Nc1ccc(S(=O)(=O)Nc2nc3ccccc3nc2Nc2ccc(N(C)C)cc2)cc1. The van der Waals surface area contributed by atoms with Crippen molar-refractivity contribution in [2.45, 2.75) is 11.8 Å². The molecule has 1 heterocycles. The van der Waals surface area contributed by atoms with E-state index >= 15 is 0 Å². The van der Waals surface area contributed by atoms with Crippen molar-refractivity contribution >= 4 is 55.7 Å². The van der Waals surface area contributed by atoms with Gasteiger partial charge in [0.25, 0.3) is 10.0 Å². The van der Waals surface area contributed by atoms with Crippen LogP contribution in [0.1, 0.15) is 6.92 Å². The number of nitrogens with zero attached hydrogens (tertiary/aromatic N) is 3. The summed E-state index contributed by atoms with van der Waals surface area (Å²) in [5.74, 6) is 0.102. The monoisotopic (exact) mass is 476 g/mol. The molecule has 1 aromatic heterocycles. The summed E-state index contributed by atoms with van der Waals surface area (Å²) in [6, 6.07) is 20.7. The van der Waals surface area contributed by atoms with E-state index in [-0.39, 0.29) is 22.4 Å².